The van der Waals surface area contributed by atoms with Gasteiger partial charge in [0.15, 0.2) is 0 Å². The zero-order valence-electron chi connectivity index (χ0n) is 16.7. The monoisotopic (exact) mass is 416 g/mol. The third-order valence-corrected chi connectivity index (χ3v) is 6.94. The van der Waals surface area contributed by atoms with Gasteiger partial charge >= 0.3 is 0 Å². The maximum absolute atomic E-state index is 12.9. The number of nitrogens with one attached hydrogen (secondary N) is 1. The van der Waals surface area contributed by atoms with E-state index in [9.17, 15) is 9.59 Å². The second-order valence-electron chi connectivity index (χ2n) is 8.91. The highest BCUT2D eigenvalue weighted by molar-refractivity contribution is 6.30. The number of amides is 2. The molecule has 29 heavy (non-hydrogen) atoms. The molecule has 3 aliphatic rings. The van der Waals surface area contributed by atoms with Crippen LogP contribution >= 0.6 is 11.6 Å². The summed E-state index contributed by atoms with van der Waals surface area (Å²) in [5.41, 5.74) is 1.38. The second kappa shape index (κ2) is 8.49. The predicted molar refractivity (Wildman–Crippen MR) is 112 cm³/mol. The Hall–Kier alpha value is -1.85. The molecule has 1 aromatic rings. The molecule has 1 atom stereocenters. The Labute approximate surface area is 177 Å². The number of halogens is 1. The minimum Gasteiger partial charge on any atom is -0.372 e. The fraction of sp³-hybridized carbons (Fsp3) is 0.565. The average molecular weight is 417 g/mol. The normalized spacial score (nSPS) is 30.9. The minimum absolute atomic E-state index is 0.0969. The third-order valence-electron chi connectivity index (χ3n) is 6.69. The van der Waals surface area contributed by atoms with Gasteiger partial charge in [0.25, 0.3) is 0 Å². The highest BCUT2D eigenvalue weighted by atomic mass is 35.5. The summed E-state index contributed by atoms with van der Waals surface area (Å²) in [5, 5.41) is 3.68. The number of hydrogen-bond acceptors (Lipinski definition) is 3. The van der Waals surface area contributed by atoms with E-state index in [1.54, 1.807) is 0 Å². The van der Waals surface area contributed by atoms with E-state index in [2.05, 4.69) is 11.9 Å². The van der Waals surface area contributed by atoms with Gasteiger partial charge in [-0.1, -0.05) is 30.3 Å². The van der Waals surface area contributed by atoms with Gasteiger partial charge in [0, 0.05) is 30.1 Å². The van der Waals surface area contributed by atoms with Gasteiger partial charge in [0.2, 0.25) is 11.8 Å². The molecule has 6 heteroatoms. The van der Waals surface area contributed by atoms with Crippen molar-refractivity contribution in [3.05, 3.63) is 47.5 Å². The number of nitrogens with zero attached hydrogens (tertiary/aromatic N) is 1. The van der Waals surface area contributed by atoms with Gasteiger partial charge in [-0.15, -0.1) is 0 Å². The van der Waals surface area contributed by atoms with Crippen LogP contribution in [0.2, 0.25) is 5.02 Å². The third kappa shape index (κ3) is 4.67. The van der Waals surface area contributed by atoms with Crippen molar-refractivity contribution in [2.45, 2.75) is 57.3 Å². The molecule has 1 heterocycles. The van der Waals surface area contributed by atoms with Crippen molar-refractivity contribution in [3.8, 4) is 0 Å². The van der Waals surface area contributed by atoms with Gasteiger partial charge < -0.3 is 15.0 Å². The molecule has 2 saturated carbocycles. The molecule has 1 N–H and O–H groups in total. The first-order valence-electron chi connectivity index (χ1n) is 10.5. The lowest BCUT2D eigenvalue weighted by molar-refractivity contribution is -0.154. The van der Waals surface area contributed by atoms with Crippen molar-refractivity contribution in [2.24, 2.45) is 11.3 Å². The van der Waals surface area contributed by atoms with Crippen LogP contribution in [-0.4, -0.2) is 41.9 Å². The van der Waals surface area contributed by atoms with Gasteiger partial charge in [-0.05, 0) is 67.7 Å². The van der Waals surface area contributed by atoms with Crippen LogP contribution in [0.3, 0.4) is 0 Å². The lowest BCUT2D eigenvalue weighted by Crippen LogP contribution is -2.59. The molecule has 0 bridgehead atoms. The van der Waals surface area contributed by atoms with Crippen molar-refractivity contribution in [2.75, 3.05) is 13.1 Å². The van der Waals surface area contributed by atoms with E-state index in [4.69, 9.17) is 16.3 Å². The zero-order valence-corrected chi connectivity index (χ0v) is 17.5. The van der Waals surface area contributed by atoms with Crippen LogP contribution in [0.15, 0.2) is 36.9 Å². The largest absolute Gasteiger partial charge is 0.372 e. The van der Waals surface area contributed by atoms with Crippen molar-refractivity contribution >= 4 is 23.4 Å². The van der Waals surface area contributed by atoms with Gasteiger partial charge in [0.1, 0.15) is 0 Å². The number of rotatable bonds is 6. The first-order chi connectivity index (χ1) is 14.0. The van der Waals surface area contributed by atoms with E-state index in [-0.39, 0.29) is 35.3 Å². The quantitative estimate of drug-likeness (QED) is 0.719. The summed E-state index contributed by atoms with van der Waals surface area (Å²) >= 11 is 5.93. The highest BCUT2D eigenvalue weighted by Crippen LogP contribution is 2.59. The molecule has 0 radical (unpaired) electrons. The standard InChI is InChI=1S/C23H29ClN2O3/c1-2-21(27)25-19-12-23(13-19)10-17(11-23)22(28)26-9-3-4-20(14-26)29-15-16-5-7-18(24)8-6-16/h2,5-8,17,19-20H,1,3-4,9-15H2,(H,25,27). The van der Waals surface area contributed by atoms with E-state index < -0.39 is 0 Å². The maximum Gasteiger partial charge on any atom is 0.243 e. The number of ether oxygens (including phenoxy) is 1. The van der Waals surface area contributed by atoms with E-state index in [0.29, 0.717) is 13.2 Å². The summed E-state index contributed by atoms with van der Waals surface area (Å²) in [6.45, 7) is 5.56. The van der Waals surface area contributed by atoms with E-state index in [1.807, 2.05) is 29.2 Å². The van der Waals surface area contributed by atoms with Crippen LogP contribution in [-0.2, 0) is 20.9 Å². The van der Waals surface area contributed by atoms with E-state index in [0.717, 1.165) is 55.7 Å². The molecule has 1 spiro atoms. The first kappa shape index (κ1) is 20.4. The van der Waals surface area contributed by atoms with Crippen molar-refractivity contribution in [1.29, 1.82) is 0 Å². The molecule has 1 aromatic carbocycles. The van der Waals surface area contributed by atoms with Crippen molar-refractivity contribution in [1.82, 2.24) is 10.2 Å². The molecule has 1 unspecified atom stereocenters. The Bertz CT molecular complexity index is 765. The molecule has 3 fully saturated rings. The highest BCUT2D eigenvalue weighted by Gasteiger charge is 2.55. The van der Waals surface area contributed by atoms with Crippen LogP contribution in [0.1, 0.15) is 44.1 Å². The van der Waals surface area contributed by atoms with Gasteiger partial charge in [-0.25, -0.2) is 0 Å². The van der Waals surface area contributed by atoms with Crippen LogP contribution in [0.5, 0.6) is 0 Å². The van der Waals surface area contributed by atoms with Gasteiger partial charge in [-0.2, -0.15) is 0 Å². The summed E-state index contributed by atoms with van der Waals surface area (Å²) in [7, 11) is 0. The SMILES string of the molecule is C=CC(=O)NC1CC2(C1)CC(C(=O)N1CCCC(OCc3ccc(Cl)cc3)C1)C2. The number of carbonyl (C=O) groups excluding carboxylic acids is 2. The number of hydrogen-bond donors (Lipinski definition) is 1. The molecule has 2 amide bonds. The summed E-state index contributed by atoms with van der Waals surface area (Å²) in [4.78, 5) is 26.3. The summed E-state index contributed by atoms with van der Waals surface area (Å²) in [5.74, 6) is 0.324. The lowest BCUT2D eigenvalue weighted by Gasteiger charge is -2.58. The molecule has 2 aliphatic carbocycles. The van der Waals surface area contributed by atoms with Crippen molar-refractivity contribution in [3.63, 3.8) is 0 Å². The van der Waals surface area contributed by atoms with Crippen molar-refractivity contribution < 1.29 is 14.3 Å². The fourth-order valence-electron chi connectivity index (χ4n) is 5.17. The first-order valence-corrected chi connectivity index (χ1v) is 10.9. The van der Waals surface area contributed by atoms with Gasteiger partial charge in [0.05, 0.1) is 12.7 Å². The Kier molecular flexibility index (Phi) is 5.98. The lowest BCUT2D eigenvalue weighted by atomic mass is 9.49. The number of benzene rings is 1. The van der Waals surface area contributed by atoms with Crippen LogP contribution in [0.4, 0.5) is 0 Å². The predicted octanol–water partition coefficient (Wildman–Crippen LogP) is 3.71. The fourth-order valence-corrected chi connectivity index (χ4v) is 5.29. The Balaban J connectivity index is 1.20. The molecule has 1 aliphatic heterocycles. The van der Waals surface area contributed by atoms with Crippen LogP contribution < -0.4 is 5.32 Å². The molecule has 0 aromatic heterocycles. The molecule has 1 saturated heterocycles. The number of likely N-dealkylation sites (tertiary alicyclic amines) is 1. The molecular formula is C23H29ClN2O3. The van der Waals surface area contributed by atoms with E-state index >= 15 is 0 Å². The average Bonchev–Trinajstić information content (AvgIpc) is 2.68. The van der Waals surface area contributed by atoms with Crippen LogP contribution in [0.25, 0.3) is 0 Å². The molecular weight excluding hydrogens is 388 g/mol. The maximum atomic E-state index is 12.9. The topological polar surface area (TPSA) is 58.6 Å². The van der Waals surface area contributed by atoms with Crippen LogP contribution in [0, 0.1) is 11.3 Å². The summed E-state index contributed by atoms with van der Waals surface area (Å²) in [6, 6.07) is 7.95. The van der Waals surface area contributed by atoms with E-state index in [1.165, 1.54) is 6.08 Å². The second-order valence-corrected chi connectivity index (χ2v) is 9.35. The molecule has 5 nitrogen and oxygen atoms in total. The smallest absolute Gasteiger partial charge is 0.243 e. The molecule has 156 valence electrons. The Morgan fingerprint density at radius 3 is 2.66 bits per heavy atom. The molecule has 4 rings (SSSR count). The number of carbonyl (C=O) groups is 2. The van der Waals surface area contributed by atoms with Gasteiger partial charge in [-0.3, -0.25) is 9.59 Å². The Morgan fingerprint density at radius 1 is 1.24 bits per heavy atom. The number of piperidine rings is 1. The minimum atomic E-state index is -0.102. The summed E-state index contributed by atoms with van der Waals surface area (Å²) in [6.07, 6.45) is 7.30. The Morgan fingerprint density at radius 2 is 1.97 bits per heavy atom. The zero-order chi connectivity index (χ0) is 20.4. The summed E-state index contributed by atoms with van der Waals surface area (Å²) < 4.78 is 6.07.